The number of rotatable bonds is 3. The maximum atomic E-state index is 12.4. The molecule has 0 spiro atoms. The maximum absolute atomic E-state index is 12.4. The van der Waals surface area contributed by atoms with Crippen LogP contribution in [0.1, 0.15) is 37.8 Å². The van der Waals surface area contributed by atoms with Gasteiger partial charge in [-0.2, -0.15) is 8.78 Å². The topological polar surface area (TPSA) is 30.5 Å². The summed E-state index contributed by atoms with van der Waals surface area (Å²) in [5.74, 6) is 2.28. The summed E-state index contributed by atoms with van der Waals surface area (Å²) in [6.45, 7) is 0.424. The van der Waals surface area contributed by atoms with E-state index in [-0.39, 0.29) is 17.4 Å². The van der Waals surface area contributed by atoms with Gasteiger partial charge in [0.15, 0.2) is 0 Å². The van der Waals surface area contributed by atoms with Gasteiger partial charge in [0.2, 0.25) is 0 Å². The second-order valence-electron chi connectivity index (χ2n) is 7.48. The zero-order valence-corrected chi connectivity index (χ0v) is 12.4. The summed E-state index contributed by atoms with van der Waals surface area (Å²) in [5.41, 5.74) is 1.25. The molecule has 0 unspecified atom stereocenters. The van der Waals surface area contributed by atoms with Crippen LogP contribution in [0, 0.1) is 17.3 Å². The van der Waals surface area contributed by atoms with Crippen molar-refractivity contribution in [3.05, 3.63) is 23.8 Å². The van der Waals surface area contributed by atoms with E-state index >= 15 is 0 Å². The number of fused-ring (bicyclic) bond motifs is 5. The first-order chi connectivity index (χ1) is 10.5. The van der Waals surface area contributed by atoms with Crippen molar-refractivity contribution in [3.8, 4) is 11.5 Å². The molecule has 1 saturated heterocycles. The van der Waals surface area contributed by atoms with E-state index in [0.717, 1.165) is 30.2 Å². The first kappa shape index (κ1) is 13.1. The Morgan fingerprint density at radius 3 is 2.77 bits per heavy atom. The van der Waals surface area contributed by atoms with Gasteiger partial charge >= 0.3 is 6.61 Å². The van der Waals surface area contributed by atoms with Gasteiger partial charge in [-0.05, 0) is 49.8 Å². The van der Waals surface area contributed by atoms with Crippen molar-refractivity contribution < 1.29 is 18.3 Å². The fourth-order valence-corrected chi connectivity index (χ4v) is 4.85. The third-order valence-electron chi connectivity index (χ3n) is 6.13. The molecule has 1 aromatic carbocycles. The lowest BCUT2D eigenvalue weighted by Crippen LogP contribution is -2.55. The molecule has 5 heteroatoms. The second-order valence-corrected chi connectivity index (χ2v) is 7.48. The molecule has 2 aliphatic carbocycles. The number of hydrogen-bond donors (Lipinski definition) is 1. The van der Waals surface area contributed by atoms with E-state index in [1.54, 1.807) is 12.1 Å². The molecule has 0 bridgehead atoms. The first-order valence-corrected chi connectivity index (χ1v) is 8.05. The molecule has 1 aromatic rings. The Morgan fingerprint density at radius 2 is 2.09 bits per heavy atom. The SMILES string of the molecule is C[C@H]1CN[C@H]2c3ccc(OC(F)F)cc3O[C@@]2(C23CC2C3)C1. The molecule has 3 nitrogen and oxygen atoms in total. The van der Waals surface area contributed by atoms with Gasteiger partial charge in [-0.25, -0.2) is 0 Å². The highest BCUT2D eigenvalue weighted by Crippen LogP contribution is 2.84. The van der Waals surface area contributed by atoms with Crippen LogP contribution in [0.5, 0.6) is 11.5 Å². The Morgan fingerprint density at radius 1 is 1.32 bits per heavy atom. The minimum atomic E-state index is -2.80. The summed E-state index contributed by atoms with van der Waals surface area (Å²) in [6, 6.07) is 5.33. The molecule has 0 amide bonds. The van der Waals surface area contributed by atoms with Crippen LogP contribution in [-0.2, 0) is 0 Å². The number of halogens is 2. The first-order valence-electron chi connectivity index (χ1n) is 8.05. The van der Waals surface area contributed by atoms with E-state index in [4.69, 9.17) is 4.74 Å². The zero-order chi connectivity index (χ0) is 15.1. The molecule has 4 aliphatic rings. The third kappa shape index (κ3) is 1.53. The molecule has 2 saturated carbocycles. The Bertz CT molecular complexity index is 644. The molecule has 22 heavy (non-hydrogen) atoms. The van der Waals surface area contributed by atoms with Crippen LogP contribution in [0.15, 0.2) is 18.2 Å². The highest BCUT2D eigenvalue weighted by molar-refractivity contribution is 5.51. The summed E-state index contributed by atoms with van der Waals surface area (Å²) in [7, 11) is 0. The molecular formula is C17H19F2NO2. The Labute approximate surface area is 128 Å². The number of piperidine rings is 1. The van der Waals surface area contributed by atoms with Gasteiger partial charge in [-0.15, -0.1) is 0 Å². The third-order valence-corrected chi connectivity index (χ3v) is 6.13. The Kier molecular flexibility index (Phi) is 2.35. The molecule has 0 radical (unpaired) electrons. The normalized spacial score (nSPS) is 43.9. The van der Waals surface area contributed by atoms with Crippen molar-refractivity contribution >= 4 is 0 Å². The average Bonchev–Trinajstić information content (AvgIpc) is 3.27. The number of nitrogens with one attached hydrogen (secondary N) is 1. The van der Waals surface area contributed by atoms with Crippen molar-refractivity contribution in [3.63, 3.8) is 0 Å². The van der Waals surface area contributed by atoms with Gasteiger partial charge in [0, 0.05) is 17.0 Å². The summed E-state index contributed by atoms with van der Waals surface area (Å²) >= 11 is 0. The van der Waals surface area contributed by atoms with Crippen LogP contribution < -0.4 is 14.8 Å². The predicted molar refractivity (Wildman–Crippen MR) is 76.1 cm³/mol. The smallest absolute Gasteiger partial charge is 0.387 e. The molecule has 2 heterocycles. The number of ether oxygens (including phenoxy) is 2. The molecule has 118 valence electrons. The predicted octanol–water partition coefficient (Wildman–Crippen LogP) is 3.50. The van der Waals surface area contributed by atoms with Gasteiger partial charge in [0.25, 0.3) is 0 Å². The van der Waals surface area contributed by atoms with Crippen molar-refractivity contribution in [2.45, 2.75) is 44.4 Å². The number of alkyl halides is 2. The lowest BCUT2D eigenvalue weighted by atomic mass is 9.73. The molecule has 1 N–H and O–H groups in total. The van der Waals surface area contributed by atoms with Gasteiger partial charge < -0.3 is 14.8 Å². The highest BCUT2D eigenvalue weighted by Gasteiger charge is 2.83. The number of benzene rings is 1. The van der Waals surface area contributed by atoms with Crippen LogP contribution in [0.4, 0.5) is 8.78 Å². The minimum Gasteiger partial charge on any atom is -0.484 e. The van der Waals surface area contributed by atoms with Crippen LogP contribution >= 0.6 is 0 Å². The van der Waals surface area contributed by atoms with E-state index in [1.165, 1.54) is 12.8 Å². The average molecular weight is 307 g/mol. The molecule has 3 atom stereocenters. The molecule has 2 aliphatic heterocycles. The zero-order valence-electron chi connectivity index (χ0n) is 12.4. The molecule has 3 fully saturated rings. The van der Waals surface area contributed by atoms with Crippen molar-refractivity contribution in [1.29, 1.82) is 0 Å². The summed E-state index contributed by atoms with van der Waals surface area (Å²) in [4.78, 5) is 0. The van der Waals surface area contributed by atoms with Crippen molar-refractivity contribution in [2.75, 3.05) is 6.54 Å². The lowest BCUT2D eigenvalue weighted by Gasteiger charge is -2.44. The van der Waals surface area contributed by atoms with Gasteiger partial charge in [0.05, 0.1) is 6.04 Å². The van der Waals surface area contributed by atoms with Gasteiger partial charge in [-0.1, -0.05) is 6.92 Å². The fraction of sp³-hybridized carbons (Fsp3) is 0.647. The standard InChI is InChI=1S/C17H19F2NO2/c1-9-5-17(16-6-10(16)7-16)14(20-8-9)12-3-2-11(21-15(18)19)4-13(12)22-17/h2-4,9-10,14-15,20H,5-8H2,1H3/t9-,10?,14+,16?,17+/m1/s1. The second kappa shape index (κ2) is 3.94. The summed E-state index contributed by atoms with van der Waals surface area (Å²) in [5, 5.41) is 3.65. The molecule has 5 rings (SSSR count). The van der Waals surface area contributed by atoms with Crippen molar-refractivity contribution in [1.82, 2.24) is 5.32 Å². The van der Waals surface area contributed by atoms with Crippen molar-refractivity contribution in [2.24, 2.45) is 17.3 Å². The molecular weight excluding hydrogens is 288 g/mol. The van der Waals surface area contributed by atoms with E-state index in [0.29, 0.717) is 11.3 Å². The van der Waals surface area contributed by atoms with E-state index in [9.17, 15) is 8.78 Å². The fourth-order valence-electron chi connectivity index (χ4n) is 4.85. The lowest BCUT2D eigenvalue weighted by molar-refractivity contribution is -0.0505. The maximum Gasteiger partial charge on any atom is 0.387 e. The minimum absolute atomic E-state index is 0.177. The highest BCUT2D eigenvalue weighted by atomic mass is 19.3. The Balaban J connectivity index is 1.54. The Hall–Kier alpha value is -1.36. The van der Waals surface area contributed by atoms with Gasteiger partial charge in [0.1, 0.15) is 17.1 Å². The van der Waals surface area contributed by atoms with Crippen LogP contribution in [0.25, 0.3) is 0 Å². The van der Waals surface area contributed by atoms with E-state index in [1.807, 2.05) is 6.07 Å². The largest absolute Gasteiger partial charge is 0.484 e. The monoisotopic (exact) mass is 307 g/mol. The quantitative estimate of drug-likeness (QED) is 0.927. The van der Waals surface area contributed by atoms with Crippen LogP contribution in [-0.4, -0.2) is 18.8 Å². The van der Waals surface area contributed by atoms with Crippen LogP contribution in [0.3, 0.4) is 0 Å². The summed E-state index contributed by atoms with van der Waals surface area (Å²) < 4.78 is 35.8. The number of hydrogen-bond acceptors (Lipinski definition) is 3. The van der Waals surface area contributed by atoms with E-state index < -0.39 is 6.61 Å². The molecule has 0 aromatic heterocycles. The van der Waals surface area contributed by atoms with Gasteiger partial charge in [-0.3, -0.25) is 0 Å². The van der Waals surface area contributed by atoms with Crippen LogP contribution in [0.2, 0.25) is 0 Å². The van der Waals surface area contributed by atoms with E-state index in [2.05, 4.69) is 17.0 Å². The summed E-state index contributed by atoms with van der Waals surface area (Å²) in [6.07, 6.45) is 3.56.